The van der Waals surface area contributed by atoms with Crippen molar-refractivity contribution in [2.24, 2.45) is 35.3 Å². The molecule has 0 aliphatic carbocycles. The van der Waals surface area contributed by atoms with E-state index in [2.05, 4.69) is 25.2 Å². The van der Waals surface area contributed by atoms with Crippen molar-refractivity contribution in [3.63, 3.8) is 0 Å². The highest BCUT2D eigenvalue weighted by Gasteiger charge is 2.30. The lowest BCUT2D eigenvalue weighted by molar-refractivity contribution is -0.128. The Morgan fingerprint density at radius 1 is 1.13 bits per heavy atom. The first kappa shape index (κ1) is 33.3. The molecule has 0 unspecified atom stereocenters. The summed E-state index contributed by atoms with van der Waals surface area (Å²) in [5.41, 5.74) is 7.71. The number of rotatable bonds is 18. The van der Waals surface area contributed by atoms with Gasteiger partial charge in [-0.2, -0.15) is 0 Å². The molecular formula is C31H54N2O6. The number of nitrogens with one attached hydrogen (secondary N) is 1. The van der Waals surface area contributed by atoms with Crippen LogP contribution in [0.4, 0.5) is 0 Å². The summed E-state index contributed by atoms with van der Waals surface area (Å²) in [7, 11) is 3.32. The Kier molecular flexibility index (Phi) is 15.2. The zero-order valence-corrected chi connectivity index (χ0v) is 25.1. The third-order valence-corrected chi connectivity index (χ3v) is 7.94. The predicted octanol–water partition coefficient (Wildman–Crippen LogP) is 4.21. The van der Waals surface area contributed by atoms with Gasteiger partial charge in [0.1, 0.15) is 0 Å². The summed E-state index contributed by atoms with van der Waals surface area (Å²) in [6.45, 7) is 11.8. The number of amides is 1. The van der Waals surface area contributed by atoms with Gasteiger partial charge in [0, 0.05) is 45.2 Å². The number of methoxy groups -OCH3 is 2. The van der Waals surface area contributed by atoms with Crippen LogP contribution in [-0.2, 0) is 20.7 Å². The summed E-state index contributed by atoms with van der Waals surface area (Å²) in [4.78, 5) is 13.0. The second kappa shape index (κ2) is 17.7. The normalized spacial score (nSPS) is 19.0. The molecule has 39 heavy (non-hydrogen) atoms. The summed E-state index contributed by atoms with van der Waals surface area (Å²) in [6, 6.07) is 5.63. The highest BCUT2D eigenvalue weighted by Crippen LogP contribution is 2.32. The van der Waals surface area contributed by atoms with Gasteiger partial charge in [0.15, 0.2) is 11.5 Å². The average molecular weight is 551 g/mol. The zero-order chi connectivity index (χ0) is 28.8. The second-order valence-electron chi connectivity index (χ2n) is 11.8. The van der Waals surface area contributed by atoms with Crippen LogP contribution in [0.1, 0.15) is 65.4 Å². The third-order valence-electron chi connectivity index (χ3n) is 7.94. The molecule has 1 aromatic rings. The molecule has 1 heterocycles. The lowest BCUT2D eigenvalue weighted by Gasteiger charge is -2.30. The maximum absolute atomic E-state index is 13.0. The van der Waals surface area contributed by atoms with Crippen LogP contribution in [0.25, 0.3) is 0 Å². The van der Waals surface area contributed by atoms with Gasteiger partial charge < -0.3 is 35.1 Å². The largest absolute Gasteiger partial charge is 0.493 e. The van der Waals surface area contributed by atoms with E-state index in [4.69, 9.17) is 24.7 Å². The van der Waals surface area contributed by atoms with Crippen molar-refractivity contribution in [2.45, 2.75) is 78.4 Å². The SMILES string of the molecule is COCCCOc1cc(C[C@@H](C[C@H](N)[C@@H](O)C[C@H](C(=O)NC[C@@H]2CCCOC2)C(C)C)C(C)C)ccc1OC. The van der Waals surface area contributed by atoms with Crippen LogP contribution in [-0.4, -0.2) is 70.4 Å². The maximum atomic E-state index is 13.0. The molecule has 0 bridgehead atoms. The fraction of sp³-hybridized carbons (Fsp3) is 0.774. The number of hydrogen-bond acceptors (Lipinski definition) is 7. The lowest BCUT2D eigenvalue weighted by Crippen LogP contribution is -2.44. The molecule has 1 aliphatic rings. The molecular weight excluding hydrogens is 496 g/mol. The van der Waals surface area contributed by atoms with E-state index in [1.54, 1.807) is 14.2 Å². The number of hydrogen-bond donors (Lipinski definition) is 3. The highest BCUT2D eigenvalue weighted by molar-refractivity contribution is 5.78. The summed E-state index contributed by atoms with van der Waals surface area (Å²) in [5.74, 6) is 2.26. The Morgan fingerprint density at radius 3 is 2.51 bits per heavy atom. The minimum absolute atomic E-state index is 0.00139. The first-order valence-corrected chi connectivity index (χ1v) is 14.7. The topological polar surface area (TPSA) is 112 Å². The fourth-order valence-electron chi connectivity index (χ4n) is 5.21. The Labute approximate surface area is 236 Å². The van der Waals surface area contributed by atoms with Gasteiger partial charge in [-0.05, 0) is 73.5 Å². The van der Waals surface area contributed by atoms with E-state index in [1.807, 2.05) is 26.0 Å². The van der Waals surface area contributed by atoms with Crippen molar-refractivity contribution >= 4 is 5.91 Å². The molecule has 0 radical (unpaired) electrons. The molecule has 1 saturated heterocycles. The molecule has 0 aromatic heterocycles. The Bertz CT molecular complexity index is 827. The van der Waals surface area contributed by atoms with Crippen molar-refractivity contribution in [3.05, 3.63) is 23.8 Å². The second-order valence-corrected chi connectivity index (χ2v) is 11.8. The number of nitrogens with two attached hydrogens (primary N) is 1. The molecule has 224 valence electrons. The standard InChI is InChI=1S/C31H54N2O6/c1-21(2)25(15-23-10-11-29(37-6)30(16-23)39-14-8-12-36-5)17-27(32)28(34)18-26(22(3)4)31(35)33-19-24-9-7-13-38-20-24/h10-11,16,21-22,24-28,34H,7-9,12-15,17-20,32H2,1-6H3,(H,33,35)/t24-,25-,26-,27-,28-/m0/s1. The van der Waals surface area contributed by atoms with Gasteiger partial charge in [0.2, 0.25) is 5.91 Å². The number of aliphatic hydroxyl groups excluding tert-OH is 1. The number of aliphatic hydroxyl groups is 1. The third kappa shape index (κ3) is 11.6. The highest BCUT2D eigenvalue weighted by atomic mass is 16.5. The van der Waals surface area contributed by atoms with Gasteiger partial charge in [-0.3, -0.25) is 4.79 Å². The smallest absolute Gasteiger partial charge is 0.223 e. The molecule has 1 fully saturated rings. The van der Waals surface area contributed by atoms with Gasteiger partial charge in [0.25, 0.3) is 0 Å². The Morgan fingerprint density at radius 2 is 1.90 bits per heavy atom. The fourth-order valence-corrected chi connectivity index (χ4v) is 5.21. The van der Waals surface area contributed by atoms with Crippen LogP contribution >= 0.6 is 0 Å². The molecule has 0 spiro atoms. The quantitative estimate of drug-likeness (QED) is 0.235. The molecule has 1 aromatic carbocycles. The van der Waals surface area contributed by atoms with Crippen molar-refractivity contribution in [1.29, 1.82) is 0 Å². The summed E-state index contributed by atoms with van der Waals surface area (Å²) in [6.07, 6.45) is 4.01. The van der Waals surface area contributed by atoms with E-state index in [0.717, 1.165) is 43.6 Å². The van der Waals surface area contributed by atoms with Gasteiger partial charge in [0.05, 0.1) is 26.4 Å². The van der Waals surface area contributed by atoms with Crippen molar-refractivity contribution in [3.8, 4) is 11.5 Å². The van der Waals surface area contributed by atoms with Crippen molar-refractivity contribution in [1.82, 2.24) is 5.32 Å². The summed E-state index contributed by atoms with van der Waals surface area (Å²) >= 11 is 0. The summed E-state index contributed by atoms with van der Waals surface area (Å²) < 4.78 is 22.1. The number of carbonyl (C=O) groups excluding carboxylic acids is 1. The predicted molar refractivity (Wildman–Crippen MR) is 155 cm³/mol. The van der Waals surface area contributed by atoms with Crippen LogP contribution in [0, 0.1) is 29.6 Å². The van der Waals surface area contributed by atoms with Crippen LogP contribution in [0.5, 0.6) is 11.5 Å². The maximum Gasteiger partial charge on any atom is 0.223 e. The van der Waals surface area contributed by atoms with Crippen LogP contribution < -0.4 is 20.5 Å². The van der Waals surface area contributed by atoms with E-state index in [9.17, 15) is 9.90 Å². The first-order chi connectivity index (χ1) is 18.7. The molecule has 2 rings (SSSR count). The minimum Gasteiger partial charge on any atom is -0.493 e. The monoisotopic (exact) mass is 550 g/mol. The van der Waals surface area contributed by atoms with E-state index in [1.165, 1.54) is 0 Å². The Balaban J connectivity index is 1.97. The summed E-state index contributed by atoms with van der Waals surface area (Å²) in [5, 5.41) is 14.2. The molecule has 5 atom stereocenters. The minimum atomic E-state index is -0.752. The van der Waals surface area contributed by atoms with Gasteiger partial charge in [-0.25, -0.2) is 0 Å². The number of ether oxygens (including phenoxy) is 4. The molecule has 0 saturated carbocycles. The molecule has 8 heteroatoms. The van der Waals surface area contributed by atoms with Crippen molar-refractivity contribution < 1.29 is 28.8 Å². The van der Waals surface area contributed by atoms with E-state index in [0.29, 0.717) is 56.8 Å². The first-order valence-electron chi connectivity index (χ1n) is 14.7. The number of carbonyl (C=O) groups is 1. The Hall–Kier alpha value is -1.87. The van der Waals surface area contributed by atoms with Crippen LogP contribution in [0.15, 0.2) is 18.2 Å². The van der Waals surface area contributed by atoms with Gasteiger partial charge in [-0.1, -0.05) is 33.8 Å². The molecule has 1 amide bonds. The molecule has 8 nitrogen and oxygen atoms in total. The van der Waals surface area contributed by atoms with Gasteiger partial charge in [-0.15, -0.1) is 0 Å². The van der Waals surface area contributed by atoms with E-state index in [-0.39, 0.29) is 23.7 Å². The van der Waals surface area contributed by atoms with Crippen LogP contribution in [0.3, 0.4) is 0 Å². The van der Waals surface area contributed by atoms with E-state index < -0.39 is 12.1 Å². The zero-order valence-electron chi connectivity index (χ0n) is 25.1. The van der Waals surface area contributed by atoms with Crippen molar-refractivity contribution in [2.75, 3.05) is 47.2 Å². The average Bonchev–Trinajstić information content (AvgIpc) is 2.92. The molecule has 1 aliphatic heterocycles. The lowest BCUT2D eigenvalue weighted by atomic mass is 9.80. The molecule has 4 N–H and O–H groups in total. The van der Waals surface area contributed by atoms with Gasteiger partial charge >= 0.3 is 0 Å². The van der Waals surface area contributed by atoms with E-state index >= 15 is 0 Å². The number of benzene rings is 1. The van der Waals surface area contributed by atoms with Crippen LogP contribution in [0.2, 0.25) is 0 Å².